The molecule has 1 nitrogen and oxygen atoms in total. The third kappa shape index (κ3) is 2.01. The number of aliphatic hydroxyl groups is 1. The first-order valence-corrected chi connectivity index (χ1v) is 11.0. The Bertz CT molecular complexity index is 273. The van der Waals surface area contributed by atoms with E-state index in [4.69, 9.17) is 0 Å². The molecule has 1 saturated carbocycles. The van der Waals surface area contributed by atoms with Crippen LogP contribution in [0.25, 0.3) is 0 Å². The van der Waals surface area contributed by atoms with Gasteiger partial charge in [-0.15, -0.1) is 0 Å². The summed E-state index contributed by atoms with van der Waals surface area (Å²) in [6.07, 6.45) is 3.54. The molecule has 2 heteroatoms. The number of rotatable bonds is 2. The van der Waals surface area contributed by atoms with Crippen LogP contribution in [-0.4, -0.2) is 24.6 Å². The summed E-state index contributed by atoms with van der Waals surface area (Å²) >= 11 is -0.793. The first-order chi connectivity index (χ1) is 7.40. The first-order valence-electron chi connectivity index (χ1n) is 6.70. The molecule has 0 unspecified atom stereocenters. The molecule has 102 valence electrons. The van der Waals surface area contributed by atoms with Crippen LogP contribution in [0.5, 0.6) is 0 Å². The van der Waals surface area contributed by atoms with Gasteiger partial charge in [-0.25, -0.2) is 0 Å². The van der Waals surface area contributed by atoms with Gasteiger partial charge in [0, 0.05) is 0 Å². The molecule has 1 aliphatic rings. The summed E-state index contributed by atoms with van der Waals surface area (Å²) in [5.41, 5.74) is -0.516. The number of hydrogen-bond donors (Lipinski definition) is 1. The Balaban J connectivity index is 3.37. The summed E-state index contributed by atoms with van der Waals surface area (Å²) in [7, 11) is 0. The molecule has 0 aromatic carbocycles. The Morgan fingerprint density at radius 3 is 1.59 bits per heavy atom. The maximum atomic E-state index is 11.7. The molecule has 1 aliphatic carbocycles. The van der Waals surface area contributed by atoms with Crippen molar-refractivity contribution in [1.29, 1.82) is 0 Å². The van der Waals surface area contributed by atoms with Gasteiger partial charge < -0.3 is 0 Å². The molecule has 0 heterocycles. The van der Waals surface area contributed by atoms with Crippen LogP contribution in [0.4, 0.5) is 0 Å². The standard InChI is InChI=1S/C15H31OSe/c1-12(2)10-9-11-13(3,4)15(12,16)14(5,6)17(7)8/h16H,9-11H2,1-8H3/q+1. The van der Waals surface area contributed by atoms with Crippen molar-refractivity contribution in [1.82, 2.24) is 0 Å². The average Bonchev–Trinajstić information content (AvgIpc) is 2.12. The van der Waals surface area contributed by atoms with Crippen molar-refractivity contribution < 1.29 is 5.11 Å². The van der Waals surface area contributed by atoms with Gasteiger partial charge in [-0.05, 0) is 0 Å². The van der Waals surface area contributed by atoms with Crippen LogP contribution in [0.1, 0.15) is 60.8 Å². The van der Waals surface area contributed by atoms with E-state index in [2.05, 4.69) is 53.2 Å². The van der Waals surface area contributed by atoms with Crippen LogP contribution < -0.4 is 0 Å². The molecule has 0 radical (unpaired) electrons. The quantitative estimate of drug-likeness (QED) is 0.745. The molecule has 17 heavy (non-hydrogen) atoms. The van der Waals surface area contributed by atoms with Gasteiger partial charge in [0.05, 0.1) is 0 Å². The minimum absolute atomic E-state index is 0.0199. The molecule has 1 N–H and O–H groups in total. The van der Waals surface area contributed by atoms with Gasteiger partial charge >= 0.3 is 112 Å². The van der Waals surface area contributed by atoms with Crippen molar-refractivity contribution in [2.75, 3.05) is 0 Å². The Hall–Kier alpha value is 0.479. The summed E-state index contributed by atoms with van der Waals surface area (Å²) in [5.74, 6) is 4.72. The summed E-state index contributed by atoms with van der Waals surface area (Å²) in [6.45, 7) is 13.7. The Morgan fingerprint density at radius 1 is 0.941 bits per heavy atom. The average molecular weight is 306 g/mol. The van der Waals surface area contributed by atoms with Gasteiger partial charge in [0.1, 0.15) is 0 Å². The second-order valence-corrected chi connectivity index (χ2v) is 13.2. The van der Waals surface area contributed by atoms with Gasteiger partial charge in [0.2, 0.25) is 0 Å². The molecule has 0 saturated heterocycles. The summed E-state index contributed by atoms with van der Waals surface area (Å²) in [5, 5.41) is 11.7. The Labute approximate surface area is 112 Å². The number of hydrogen-bond acceptors (Lipinski definition) is 1. The van der Waals surface area contributed by atoms with Gasteiger partial charge in [0.15, 0.2) is 0 Å². The van der Waals surface area contributed by atoms with Gasteiger partial charge in [-0.3, -0.25) is 0 Å². The molecule has 0 aromatic rings. The third-order valence-electron chi connectivity index (χ3n) is 5.45. The predicted molar refractivity (Wildman–Crippen MR) is 77.9 cm³/mol. The molecule has 0 atom stereocenters. The fourth-order valence-corrected chi connectivity index (χ4v) is 6.57. The zero-order valence-electron chi connectivity index (χ0n) is 13.0. The minimum atomic E-state index is -0.793. The summed E-state index contributed by atoms with van der Waals surface area (Å²) in [6, 6.07) is 0. The van der Waals surface area contributed by atoms with E-state index in [1.165, 1.54) is 6.42 Å². The summed E-state index contributed by atoms with van der Waals surface area (Å²) < 4.78 is 0.0560. The molecule has 1 fully saturated rings. The van der Waals surface area contributed by atoms with E-state index in [9.17, 15) is 5.11 Å². The van der Waals surface area contributed by atoms with Gasteiger partial charge in [-0.2, -0.15) is 0 Å². The van der Waals surface area contributed by atoms with E-state index in [0.29, 0.717) is 0 Å². The maximum absolute atomic E-state index is 11.7. The predicted octanol–water partition coefficient (Wildman–Crippen LogP) is 4.49. The van der Waals surface area contributed by atoms with Crippen LogP contribution >= 0.6 is 0 Å². The van der Waals surface area contributed by atoms with E-state index < -0.39 is 19.5 Å². The van der Waals surface area contributed by atoms with E-state index in [-0.39, 0.29) is 15.1 Å². The molecule has 1 rings (SSSR count). The first kappa shape index (κ1) is 15.5. The fourth-order valence-electron chi connectivity index (χ4n) is 4.18. The van der Waals surface area contributed by atoms with Crippen LogP contribution in [0, 0.1) is 10.8 Å². The zero-order chi connectivity index (χ0) is 13.7. The topological polar surface area (TPSA) is 20.2 Å². The van der Waals surface area contributed by atoms with E-state index >= 15 is 0 Å². The van der Waals surface area contributed by atoms with E-state index in [0.717, 1.165) is 12.8 Å². The van der Waals surface area contributed by atoms with Crippen molar-refractivity contribution in [2.24, 2.45) is 10.8 Å². The van der Waals surface area contributed by atoms with Crippen LogP contribution in [0.15, 0.2) is 0 Å². The Morgan fingerprint density at radius 2 is 1.29 bits per heavy atom. The van der Waals surface area contributed by atoms with Crippen LogP contribution in [-0.2, 0) is 0 Å². The van der Waals surface area contributed by atoms with E-state index in [1.54, 1.807) is 0 Å². The van der Waals surface area contributed by atoms with Crippen LogP contribution in [0.3, 0.4) is 0 Å². The molecular weight excluding hydrogens is 275 g/mol. The van der Waals surface area contributed by atoms with Crippen molar-refractivity contribution in [3.8, 4) is 0 Å². The summed E-state index contributed by atoms with van der Waals surface area (Å²) in [4.78, 5) is 0. The monoisotopic (exact) mass is 307 g/mol. The van der Waals surface area contributed by atoms with Crippen LogP contribution in [0.2, 0.25) is 16.0 Å². The third-order valence-corrected chi connectivity index (χ3v) is 10.4. The SMILES string of the molecule is C[Se+](C)C(C)(C)C1(O)C(C)(C)CCCC1(C)C. The van der Waals surface area contributed by atoms with Gasteiger partial charge in [0.25, 0.3) is 0 Å². The molecule has 0 amide bonds. The molecule has 0 aliphatic heterocycles. The van der Waals surface area contributed by atoms with Crippen molar-refractivity contribution in [3.63, 3.8) is 0 Å². The fraction of sp³-hybridized carbons (Fsp3) is 1.00. The van der Waals surface area contributed by atoms with E-state index in [1.807, 2.05) is 0 Å². The Kier molecular flexibility index (Phi) is 3.88. The molecule has 0 bridgehead atoms. The second-order valence-electron chi connectivity index (χ2n) is 7.66. The van der Waals surface area contributed by atoms with Crippen molar-refractivity contribution >= 4 is 13.9 Å². The van der Waals surface area contributed by atoms with Crippen molar-refractivity contribution in [3.05, 3.63) is 0 Å². The molecule has 0 spiro atoms. The van der Waals surface area contributed by atoms with Crippen molar-refractivity contribution in [2.45, 2.75) is 82.4 Å². The molecular formula is C15H31OSe+. The second kappa shape index (κ2) is 4.25. The molecule has 0 aromatic heterocycles. The normalized spacial score (nSPS) is 27.2. The zero-order valence-corrected chi connectivity index (χ0v) is 14.7. The van der Waals surface area contributed by atoms with Gasteiger partial charge in [-0.1, -0.05) is 0 Å².